The Balaban J connectivity index is 1.56. The minimum atomic E-state index is -0.810. The molecular formula is C26H23FN4O3S. The number of ketones is 1. The third-order valence-electron chi connectivity index (χ3n) is 5.32. The van der Waals surface area contributed by atoms with Gasteiger partial charge in [-0.1, -0.05) is 41.7 Å². The van der Waals surface area contributed by atoms with Crippen molar-refractivity contribution in [3.05, 3.63) is 101 Å². The molecule has 0 saturated heterocycles. The molecule has 0 aliphatic heterocycles. The number of hydrogen-bond acceptors (Lipinski definition) is 7. The van der Waals surface area contributed by atoms with Gasteiger partial charge in [0, 0.05) is 11.3 Å². The number of nitrogens with zero attached hydrogens (tertiary/aromatic N) is 2. The van der Waals surface area contributed by atoms with E-state index in [0.717, 1.165) is 16.9 Å². The molecule has 0 aliphatic carbocycles. The molecule has 1 amide bonds. The van der Waals surface area contributed by atoms with Crippen molar-refractivity contribution in [2.24, 2.45) is 5.73 Å². The van der Waals surface area contributed by atoms with Crippen molar-refractivity contribution in [3.8, 4) is 5.75 Å². The average molecular weight is 491 g/mol. The van der Waals surface area contributed by atoms with Gasteiger partial charge in [-0.15, -0.1) is 0 Å². The zero-order valence-electron chi connectivity index (χ0n) is 18.9. The summed E-state index contributed by atoms with van der Waals surface area (Å²) in [5, 5.41) is 0.298. The van der Waals surface area contributed by atoms with Gasteiger partial charge in [0.05, 0.1) is 0 Å². The van der Waals surface area contributed by atoms with Crippen LogP contribution in [0.4, 0.5) is 21.0 Å². The van der Waals surface area contributed by atoms with E-state index in [4.69, 9.17) is 16.2 Å². The number of nitrogen functional groups attached to an aromatic ring is 1. The van der Waals surface area contributed by atoms with Crippen molar-refractivity contribution < 1.29 is 18.7 Å². The Morgan fingerprint density at radius 1 is 1.03 bits per heavy atom. The van der Waals surface area contributed by atoms with Gasteiger partial charge in [-0.3, -0.25) is 9.59 Å². The molecule has 4 aromatic rings. The van der Waals surface area contributed by atoms with Crippen molar-refractivity contribution >= 4 is 39.7 Å². The number of carbonyl (C=O) groups is 2. The Labute approximate surface area is 205 Å². The topological polar surface area (TPSA) is 112 Å². The minimum absolute atomic E-state index is 0.0307. The molecule has 1 aromatic heterocycles. The van der Waals surface area contributed by atoms with E-state index in [2.05, 4.69) is 4.98 Å². The number of anilines is 3. The molecule has 0 fully saturated rings. The second-order valence-electron chi connectivity index (χ2n) is 7.76. The highest BCUT2D eigenvalue weighted by atomic mass is 32.1. The standard InChI is InChI=1S/C26H23FN4O3S/c1-16(25(29)33)31(20-11-9-19(27)10-12-20)26-30-24(28)23(35-26)22(32)18-7-13-21(14-8-18)34-15-17-5-3-2-4-6-17/h2-14,16H,15,28H2,1H3,(H2,29,33). The van der Waals surface area contributed by atoms with Crippen molar-refractivity contribution in [2.45, 2.75) is 19.6 Å². The number of rotatable bonds is 9. The molecule has 4 rings (SSSR count). The molecule has 0 spiro atoms. The lowest BCUT2D eigenvalue weighted by Crippen LogP contribution is -2.39. The van der Waals surface area contributed by atoms with Gasteiger partial charge in [0.2, 0.25) is 11.7 Å². The molecule has 0 saturated carbocycles. The van der Waals surface area contributed by atoms with Crippen LogP contribution < -0.4 is 21.1 Å². The summed E-state index contributed by atoms with van der Waals surface area (Å²) in [7, 11) is 0. The van der Waals surface area contributed by atoms with E-state index in [1.54, 1.807) is 31.2 Å². The number of thiazole rings is 1. The first-order valence-electron chi connectivity index (χ1n) is 10.8. The third kappa shape index (κ3) is 5.47. The van der Waals surface area contributed by atoms with Crippen LogP contribution in [0.3, 0.4) is 0 Å². The van der Waals surface area contributed by atoms with E-state index >= 15 is 0 Å². The lowest BCUT2D eigenvalue weighted by Gasteiger charge is -2.26. The van der Waals surface area contributed by atoms with Crippen LogP contribution in [-0.4, -0.2) is 22.7 Å². The molecule has 1 heterocycles. The van der Waals surface area contributed by atoms with Crippen molar-refractivity contribution in [2.75, 3.05) is 10.6 Å². The first kappa shape index (κ1) is 23.9. The third-order valence-corrected chi connectivity index (χ3v) is 6.39. The second-order valence-corrected chi connectivity index (χ2v) is 8.74. The van der Waals surface area contributed by atoms with Crippen LogP contribution in [0.25, 0.3) is 0 Å². The summed E-state index contributed by atoms with van der Waals surface area (Å²) in [5.41, 5.74) is 13.6. The maximum Gasteiger partial charge on any atom is 0.240 e. The lowest BCUT2D eigenvalue weighted by molar-refractivity contribution is -0.118. The summed E-state index contributed by atoms with van der Waals surface area (Å²) in [5.74, 6) is -0.691. The molecule has 1 unspecified atom stereocenters. The van der Waals surface area contributed by atoms with Gasteiger partial charge in [-0.05, 0) is 61.0 Å². The number of aromatic nitrogens is 1. The highest BCUT2D eigenvalue weighted by Gasteiger charge is 2.27. The monoisotopic (exact) mass is 490 g/mol. The van der Waals surface area contributed by atoms with E-state index in [9.17, 15) is 14.0 Å². The maximum absolute atomic E-state index is 13.4. The van der Waals surface area contributed by atoms with Gasteiger partial charge in [0.15, 0.2) is 5.13 Å². The van der Waals surface area contributed by atoms with E-state index < -0.39 is 17.8 Å². The van der Waals surface area contributed by atoms with Crippen molar-refractivity contribution in [1.82, 2.24) is 4.98 Å². The fraction of sp³-hybridized carbons (Fsp3) is 0.115. The average Bonchev–Trinajstić information content (AvgIpc) is 3.25. The molecule has 178 valence electrons. The second kappa shape index (κ2) is 10.4. The van der Waals surface area contributed by atoms with Gasteiger partial charge >= 0.3 is 0 Å². The summed E-state index contributed by atoms with van der Waals surface area (Å²) in [4.78, 5) is 31.2. The largest absolute Gasteiger partial charge is 0.489 e. The smallest absolute Gasteiger partial charge is 0.240 e. The van der Waals surface area contributed by atoms with Gasteiger partial charge in [0.1, 0.15) is 34.9 Å². The Kier molecular flexibility index (Phi) is 7.07. The molecule has 9 heteroatoms. The highest BCUT2D eigenvalue weighted by molar-refractivity contribution is 7.18. The van der Waals surface area contributed by atoms with Crippen LogP contribution >= 0.6 is 11.3 Å². The van der Waals surface area contributed by atoms with E-state index in [-0.39, 0.29) is 16.5 Å². The zero-order chi connectivity index (χ0) is 24.9. The Morgan fingerprint density at radius 2 is 1.69 bits per heavy atom. The SMILES string of the molecule is CC(C(N)=O)N(c1ccc(F)cc1)c1nc(N)c(C(=O)c2ccc(OCc3ccccc3)cc2)s1. The van der Waals surface area contributed by atoms with Crippen LogP contribution in [0, 0.1) is 5.82 Å². The number of primary amides is 1. The molecule has 3 aromatic carbocycles. The van der Waals surface area contributed by atoms with E-state index in [1.807, 2.05) is 30.3 Å². The summed E-state index contributed by atoms with van der Waals surface area (Å²) in [6.07, 6.45) is 0. The van der Waals surface area contributed by atoms with Crippen LogP contribution in [0.1, 0.15) is 27.7 Å². The number of carbonyl (C=O) groups excluding carboxylic acids is 2. The number of hydrogen-bond donors (Lipinski definition) is 2. The van der Waals surface area contributed by atoms with Crippen molar-refractivity contribution in [3.63, 3.8) is 0 Å². The molecular weight excluding hydrogens is 467 g/mol. The van der Waals surface area contributed by atoms with Crippen LogP contribution in [0.2, 0.25) is 0 Å². The van der Waals surface area contributed by atoms with Crippen LogP contribution in [0.5, 0.6) is 5.75 Å². The Bertz CT molecular complexity index is 1330. The lowest BCUT2D eigenvalue weighted by atomic mass is 10.1. The van der Waals surface area contributed by atoms with Crippen molar-refractivity contribution in [1.29, 1.82) is 0 Å². The molecule has 0 bridgehead atoms. The molecule has 1 atom stereocenters. The molecule has 0 aliphatic rings. The van der Waals surface area contributed by atoms with Gasteiger partial charge < -0.3 is 21.1 Å². The van der Waals surface area contributed by atoms with E-state index in [1.165, 1.54) is 29.2 Å². The number of amides is 1. The fourth-order valence-corrected chi connectivity index (χ4v) is 4.44. The highest BCUT2D eigenvalue weighted by Crippen LogP contribution is 2.36. The first-order valence-corrected chi connectivity index (χ1v) is 11.6. The Hall–Kier alpha value is -4.24. The quantitative estimate of drug-likeness (QED) is 0.329. The number of nitrogens with two attached hydrogens (primary N) is 2. The normalized spacial score (nSPS) is 11.6. The summed E-state index contributed by atoms with van der Waals surface area (Å²) in [6.45, 7) is 2.01. The van der Waals surface area contributed by atoms with E-state index in [0.29, 0.717) is 28.7 Å². The predicted octanol–water partition coefficient (Wildman–Crippen LogP) is 4.69. The van der Waals surface area contributed by atoms with Gasteiger partial charge in [-0.2, -0.15) is 0 Å². The summed E-state index contributed by atoms with van der Waals surface area (Å²) in [6, 6.07) is 21.2. The number of ether oxygens (including phenoxy) is 1. The van der Waals surface area contributed by atoms with Gasteiger partial charge in [0.25, 0.3) is 0 Å². The molecule has 35 heavy (non-hydrogen) atoms. The van der Waals surface area contributed by atoms with Crippen LogP contribution in [0.15, 0.2) is 78.9 Å². The summed E-state index contributed by atoms with van der Waals surface area (Å²) < 4.78 is 19.2. The minimum Gasteiger partial charge on any atom is -0.489 e. The maximum atomic E-state index is 13.4. The molecule has 4 N–H and O–H groups in total. The summed E-state index contributed by atoms with van der Waals surface area (Å²) >= 11 is 1.03. The zero-order valence-corrected chi connectivity index (χ0v) is 19.7. The number of halogens is 1. The van der Waals surface area contributed by atoms with Gasteiger partial charge in [-0.25, -0.2) is 9.37 Å². The molecule has 0 radical (unpaired) electrons. The number of benzene rings is 3. The molecule has 7 nitrogen and oxygen atoms in total. The first-order chi connectivity index (χ1) is 16.8. The Morgan fingerprint density at radius 3 is 2.31 bits per heavy atom. The fourth-order valence-electron chi connectivity index (χ4n) is 3.39. The van der Waals surface area contributed by atoms with Crippen LogP contribution in [-0.2, 0) is 11.4 Å². The predicted molar refractivity (Wildman–Crippen MR) is 134 cm³/mol.